The molecule has 4 heteroatoms. The number of hydrogen-bond donors (Lipinski definition) is 0. The van der Waals surface area contributed by atoms with Crippen molar-refractivity contribution in [3.05, 3.63) is 77.1 Å². The van der Waals surface area contributed by atoms with E-state index < -0.39 is 5.97 Å². The minimum Gasteiger partial charge on any atom is -0.454 e. The van der Waals surface area contributed by atoms with Crippen LogP contribution in [0.5, 0.6) is 0 Å². The molecule has 2 aromatic rings. The number of aryl methyl sites for hydroxylation is 1. The van der Waals surface area contributed by atoms with Crippen LogP contribution in [-0.4, -0.2) is 18.4 Å². The standard InChI is InChI=1S/C19H17FO3/c1-2-14-6-9-16(10-7-14)18(21)13-23-19(22)11-8-15-4-3-5-17(20)12-15/h3-12H,2,13H2,1H3/b11-8+. The predicted octanol–water partition coefficient (Wildman–Crippen LogP) is 3.83. The Bertz CT molecular complexity index is 718. The number of ketones is 1. The third kappa shape index (κ3) is 5.18. The molecule has 0 heterocycles. The molecule has 0 unspecified atom stereocenters. The minimum atomic E-state index is -0.646. The molecule has 118 valence electrons. The summed E-state index contributed by atoms with van der Waals surface area (Å²) in [5.41, 5.74) is 2.18. The van der Waals surface area contributed by atoms with Crippen LogP contribution in [0.4, 0.5) is 4.39 Å². The second-order valence-corrected chi connectivity index (χ2v) is 4.97. The largest absolute Gasteiger partial charge is 0.454 e. The fourth-order valence-corrected chi connectivity index (χ4v) is 1.97. The van der Waals surface area contributed by atoms with Crippen LogP contribution in [0.15, 0.2) is 54.6 Å². The summed E-state index contributed by atoms with van der Waals surface area (Å²) in [5, 5.41) is 0. The van der Waals surface area contributed by atoms with Gasteiger partial charge in [-0.3, -0.25) is 4.79 Å². The van der Waals surface area contributed by atoms with Crippen molar-refractivity contribution in [1.82, 2.24) is 0 Å². The molecule has 2 rings (SSSR count). The van der Waals surface area contributed by atoms with E-state index >= 15 is 0 Å². The first-order chi connectivity index (χ1) is 11.1. The molecule has 0 aliphatic rings. The molecule has 0 spiro atoms. The molecule has 0 fully saturated rings. The molecule has 0 N–H and O–H groups in total. The quantitative estimate of drug-likeness (QED) is 0.462. The highest BCUT2D eigenvalue weighted by Crippen LogP contribution is 2.07. The van der Waals surface area contributed by atoms with E-state index in [1.165, 1.54) is 24.3 Å². The second-order valence-electron chi connectivity index (χ2n) is 4.97. The van der Waals surface area contributed by atoms with E-state index in [0.717, 1.165) is 12.0 Å². The van der Waals surface area contributed by atoms with Crippen molar-refractivity contribution in [3.63, 3.8) is 0 Å². The van der Waals surface area contributed by atoms with Crippen molar-refractivity contribution < 1.29 is 18.7 Å². The molecule has 3 nitrogen and oxygen atoms in total. The number of esters is 1. The molecule has 0 aromatic heterocycles. The average Bonchev–Trinajstić information content (AvgIpc) is 2.58. The van der Waals surface area contributed by atoms with Gasteiger partial charge in [0.25, 0.3) is 0 Å². The Kier molecular flexibility index (Phi) is 5.80. The highest BCUT2D eigenvalue weighted by molar-refractivity contribution is 5.98. The van der Waals surface area contributed by atoms with Gasteiger partial charge in [-0.25, -0.2) is 9.18 Å². The van der Waals surface area contributed by atoms with Crippen molar-refractivity contribution in [1.29, 1.82) is 0 Å². The van der Waals surface area contributed by atoms with Crippen LogP contribution in [0.1, 0.15) is 28.4 Å². The number of carbonyl (C=O) groups excluding carboxylic acids is 2. The zero-order valence-corrected chi connectivity index (χ0v) is 12.8. The molecular weight excluding hydrogens is 295 g/mol. The SMILES string of the molecule is CCc1ccc(C(=O)COC(=O)/C=C/c2cccc(F)c2)cc1. The van der Waals surface area contributed by atoms with Gasteiger partial charge in [0, 0.05) is 11.6 Å². The van der Waals surface area contributed by atoms with E-state index in [1.54, 1.807) is 24.3 Å². The molecule has 0 saturated carbocycles. The number of rotatable bonds is 6. The lowest BCUT2D eigenvalue weighted by Crippen LogP contribution is -2.12. The molecule has 0 saturated heterocycles. The maximum atomic E-state index is 13.0. The number of hydrogen-bond acceptors (Lipinski definition) is 3. The van der Waals surface area contributed by atoms with Gasteiger partial charge < -0.3 is 4.74 Å². The molecular formula is C19H17FO3. The number of benzene rings is 2. The monoisotopic (exact) mass is 312 g/mol. The Hall–Kier alpha value is -2.75. The van der Waals surface area contributed by atoms with Crippen LogP contribution < -0.4 is 0 Å². The lowest BCUT2D eigenvalue weighted by Gasteiger charge is -2.03. The molecule has 0 radical (unpaired) electrons. The fourth-order valence-electron chi connectivity index (χ4n) is 1.97. The summed E-state index contributed by atoms with van der Waals surface area (Å²) in [5.74, 6) is -1.29. The topological polar surface area (TPSA) is 43.4 Å². The van der Waals surface area contributed by atoms with Crippen molar-refractivity contribution in [3.8, 4) is 0 Å². The normalized spacial score (nSPS) is 10.7. The molecule has 0 aliphatic carbocycles. The van der Waals surface area contributed by atoms with Crippen molar-refractivity contribution in [2.24, 2.45) is 0 Å². The van der Waals surface area contributed by atoms with Gasteiger partial charge in [-0.1, -0.05) is 43.3 Å². The highest BCUT2D eigenvalue weighted by atomic mass is 19.1. The summed E-state index contributed by atoms with van der Waals surface area (Å²) in [6.45, 7) is 1.71. The van der Waals surface area contributed by atoms with Crippen LogP contribution in [0.2, 0.25) is 0 Å². The summed E-state index contributed by atoms with van der Waals surface area (Å²) in [6, 6.07) is 13.0. The zero-order chi connectivity index (χ0) is 16.7. The lowest BCUT2D eigenvalue weighted by molar-refractivity contribution is -0.136. The van der Waals surface area contributed by atoms with Crippen LogP contribution in [0.3, 0.4) is 0 Å². The van der Waals surface area contributed by atoms with Gasteiger partial charge in [0.2, 0.25) is 0 Å². The van der Waals surface area contributed by atoms with E-state index in [9.17, 15) is 14.0 Å². The first-order valence-electron chi connectivity index (χ1n) is 7.31. The van der Waals surface area contributed by atoms with E-state index in [0.29, 0.717) is 11.1 Å². The van der Waals surface area contributed by atoms with Crippen molar-refractivity contribution in [2.45, 2.75) is 13.3 Å². The maximum absolute atomic E-state index is 13.0. The van der Waals surface area contributed by atoms with Crippen LogP contribution >= 0.6 is 0 Å². The summed E-state index contributed by atoms with van der Waals surface area (Å²) in [6.07, 6.45) is 3.50. The molecule has 2 aromatic carbocycles. The van der Waals surface area contributed by atoms with Crippen molar-refractivity contribution >= 4 is 17.8 Å². The van der Waals surface area contributed by atoms with Crippen molar-refractivity contribution in [2.75, 3.05) is 6.61 Å². The third-order valence-electron chi connectivity index (χ3n) is 3.29. The zero-order valence-electron chi connectivity index (χ0n) is 12.8. The van der Waals surface area contributed by atoms with Gasteiger partial charge in [0.05, 0.1) is 0 Å². The van der Waals surface area contributed by atoms with E-state index in [2.05, 4.69) is 0 Å². The van der Waals surface area contributed by atoms with Crippen LogP contribution in [-0.2, 0) is 16.0 Å². The number of ether oxygens (including phenoxy) is 1. The maximum Gasteiger partial charge on any atom is 0.331 e. The Labute approximate surface area is 134 Å². The molecule has 0 atom stereocenters. The summed E-state index contributed by atoms with van der Waals surface area (Å²) >= 11 is 0. The van der Waals surface area contributed by atoms with Crippen LogP contribution in [0.25, 0.3) is 6.08 Å². The van der Waals surface area contributed by atoms with Gasteiger partial charge >= 0.3 is 5.97 Å². The Morgan fingerprint density at radius 2 is 1.87 bits per heavy atom. The van der Waals surface area contributed by atoms with E-state index in [4.69, 9.17) is 4.74 Å². The predicted molar refractivity (Wildman–Crippen MR) is 86.5 cm³/mol. The van der Waals surface area contributed by atoms with Gasteiger partial charge in [-0.15, -0.1) is 0 Å². The second kappa shape index (κ2) is 8.03. The third-order valence-corrected chi connectivity index (χ3v) is 3.29. The van der Waals surface area contributed by atoms with E-state index in [-0.39, 0.29) is 18.2 Å². The Morgan fingerprint density at radius 3 is 2.52 bits per heavy atom. The molecule has 0 aliphatic heterocycles. The smallest absolute Gasteiger partial charge is 0.331 e. The highest BCUT2D eigenvalue weighted by Gasteiger charge is 2.08. The summed E-state index contributed by atoms with van der Waals surface area (Å²) in [4.78, 5) is 23.5. The van der Waals surface area contributed by atoms with Gasteiger partial charge in [0.1, 0.15) is 5.82 Å². The van der Waals surface area contributed by atoms with Crippen LogP contribution in [0, 0.1) is 5.82 Å². The van der Waals surface area contributed by atoms with Gasteiger partial charge in [0.15, 0.2) is 12.4 Å². The molecule has 23 heavy (non-hydrogen) atoms. The lowest BCUT2D eigenvalue weighted by atomic mass is 10.1. The number of halogens is 1. The number of carbonyl (C=O) groups is 2. The van der Waals surface area contributed by atoms with Gasteiger partial charge in [-0.2, -0.15) is 0 Å². The average molecular weight is 312 g/mol. The summed E-state index contributed by atoms with van der Waals surface area (Å²) in [7, 11) is 0. The molecule has 0 bridgehead atoms. The number of Topliss-reactive ketones (excluding diaryl/α,β-unsaturated/α-hetero) is 1. The summed E-state index contributed by atoms with van der Waals surface area (Å²) < 4.78 is 17.9. The first kappa shape index (κ1) is 16.6. The Balaban J connectivity index is 1.87. The molecule has 0 amide bonds. The Morgan fingerprint density at radius 1 is 1.13 bits per heavy atom. The van der Waals surface area contributed by atoms with E-state index in [1.807, 2.05) is 19.1 Å². The fraction of sp³-hybridized carbons (Fsp3) is 0.158. The van der Waals surface area contributed by atoms with Gasteiger partial charge in [-0.05, 0) is 35.8 Å². The first-order valence-corrected chi connectivity index (χ1v) is 7.31. The minimum absolute atomic E-state index is 0.264.